The predicted octanol–water partition coefficient (Wildman–Crippen LogP) is 2.45. The zero-order valence-electron chi connectivity index (χ0n) is 11.9. The van der Waals surface area contributed by atoms with Crippen molar-refractivity contribution < 1.29 is 4.79 Å². The van der Waals surface area contributed by atoms with E-state index in [4.69, 9.17) is 0 Å². The van der Waals surface area contributed by atoms with Crippen molar-refractivity contribution in [3.63, 3.8) is 0 Å². The molecule has 1 heterocycles. The molecule has 0 saturated carbocycles. The van der Waals surface area contributed by atoms with Crippen molar-refractivity contribution in [3.8, 4) is 0 Å². The molecule has 1 saturated heterocycles. The molecule has 0 radical (unpaired) electrons. The van der Waals surface area contributed by atoms with E-state index in [1.54, 1.807) is 0 Å². The van der Waals surface area contributed by atoms with Gasteiger partial charge in [0, 0.05) is 42.7 Å². The van der Waals surface area contributed by atoms with Crippen LogP contribution < -0.4 is 0 Å². The van der Waals surface area contributed by atoms with Gasteiger partial charge in [-0.1, -0.05) is 6.07 Å². The fraction of sp³-hybridized carbons (Fsp3) is 0.533. The van der Waals surface area contributed by atoms with Crippen molar-refractivity contribution in [2.24, 2.45) is 0 Å². The standard InChI is InChI=1S/C15H22N2OS/c1-11(2)16-6-8-17(9-7-16)15(18)14-10-13(19)5-4-12(14)3/h4-5,10-11,19H,6-9H2,1-3H3. The van der Waals surface area contributed by atoms with Gasteiger partial charge >= 0.3 is 0 Å². The van der Waals surface area contributed by atoms with Gasteiger partial charge in [0.1, 0.15) is 0 Å². The Balaban J connectivity index is 2.07. The number of amides is 1. The average Bonchev–Trinajstić information content (AvgIpc) is 2.41. The fourth-order valence-electron chi connectivity index (χ4n) is 2.45. The van der Waals surface area contributed by atoms with Gasteiger partial charge in [0.15, 0.2) is 0 Å². The van der Waals surface area contributed by atoms with E-state index in [0.717, 1.165) is 42.2 Å². The van der Waals surface area contributed by atoms with Gasteiger partial charge in [0.05, 0.1) is 0 Å². The molecule has 3 nitrogen and oxygen atoms in total. The van der Waals surface area contributed by atoms with E-state index in [2.05, 4.69) is 31.4 Å². The zero-order chi connectivity index (χ0) is 14.0. The SMILES string of the molecule is Cc1ccc(S)cc1C(=O)N1CCN(C(C)C)CC1. The molecule has 1 fully saturated rings. The van der Waals surface area contributed by atoms with E-state index in [1.807, 2.05) is 30.0 Å². The minimum atomic E-state index is 0.136. The highest BCUT2D eigenvalue weighted by molar-refractivity contribution is 7.80. The highest BCUT2D eigenvalue weighted by Crippen LogP contribution is 2.17. The summed E-state index contributed by atoms with van der Waals surface area (Å²) in [5, 5.41) is 0. The van der Waals surface area contributed by atoms with Crippen LogP contribution in [0, 0.1) is 6.92 Å². The van der Waals surface area contributed by atoms with Crippen molar-refractivity contribution in [2.45, 2.75) is 31.7 Å². The number of carbonyl (C=O) groups excluding carboxylic acids is 1. The molecule has 1 aliphatic rings. The summed E-state index contributed by atoms with van der Waals surface area (Å²) in [6.45, 7) is 9.93. The van der Waals surface area contributed by atoms with E-state index in [9.17, 15) is 4.79 Å². The minimum Gasteiger partial charge on any atom is -0.336 e. The molecule has 2 rings (SSSR count). The molecule has 0 unspecified atom stereocenters. The Kier molecular flexibility index (Phi) is 4.53. The number of carbonyl (C=O) groups is 1. The van der Waals surface area contributed by atoms with Crippen LogP contribution in [0.5, 0.6) is 0 Å². The molecule has 19 heavy (non-hydrogen) atoms. The molecule has 0 N–H and O–H groups in total. The lowest BCUT2D eigenvalue weighted by Crippen LogP contribution is -2.50. The molecule has 0 aliphatic carbocycles. The molecule has 1 amide bonds. The molecule has 1 aliphatic heterocycles. The van der Waals surface area contributed by atoms with Crippen LogP contribution in [-0.4, -0.2) is 47.9 Å². The molecule has 0 spiro atoms. The first kappa shape index (κ1) is 14.4. The van der Waals surface area contributed by atoms with Crippen molar-refractivity contribution in [2.75, 3.05) is 26.2 Å². The Bertz CT molecular complexity index is 465. The lowest BCUT2D eigenvalue weighted by molar-refractivity contribution is 0.0594. The third-order valence-electron chi connectivity index (χ3n) is 3.78. The van der Waals surface area contributed by atoms with Gasteiger partial charge in [-0.2, -0.15) is 0 Å². The third kappa shape index (κ3) is 3.31. The topological polar surface area (TPSA) is 23.6 Å². The Labute approximate surface area is 121 Å². The number of aryl methyl sites for hydroxylation is 1. The van der Waals surface area contributed by atoms with Gasteiger partial charge in [0.2, 0.25) is 0 Å². The van der Waals surface area contributed by atoms with Gasteiger partial charge in [-0.05, 0) is 38.5 Å². The van der Waals surface area contributed by atoms with E-state index in [0.29, 0.717) is 6.04 Å². The van der Waals surface area contributed by atoms with Crippen LogP contribution in [0.3, 0.4) is 0 Å². The summed E-state index contributed by atoms with van der Waals surface area (Å²) in [4.78, 5) is 17.7. The highest BCUT2D eigenvalue weighted by Gasteiger charge is 2.24. The van der Waals surface area contributed by atoms with E-state index >= 15 is 0 Å². The lowest BCUT2D eigenvalue weighted by atomic mass is 10.1. The van der Waals surface area contributed by atoms with Gasteiger partial charge in [-0.3, -0.25) is 9.69 Å². The molecule has 4 heteroatoms. The first-order valence-electron chi connectivity index (χ1n) is 6.82. The van der Waals surface area contributed by atoms with Crippen LogP contribution in [0.2, 0.25) is 0 Å². The molecule has 0 atom stereocenters. The lowest BCUT2D eigenvalue weighted by Gasteiger charge is -2.37. The smallest absolute Gasteiger partial charge is 0.254 e. The van der Waals surface area contributed by atoms with E-state index in [-0.39, 0.29) is 5.91 Å². The average molecular weight is 278 g/mol. The Morgan fingerprint density at radius 2 is 1.84 bits per heavy atom. The number of thiol groups is 1. The maximum atomic E-state index is 12.5. The second kappa shape index (κ2) is 5.97. The van der Waals surface area contributed by atoms with Gasteiger partial charge in [0.25, 0.3) is 5.91 Å². The Morgan fingerprint density at radius 1 is 1.21 bits per heavy atom. The molecule has 0 bridgehead atoms. The minimum absolute atomic E-state index is 0.136. The second-order valence-corrected chi connectivity index (χ2v) is 5.94. The number of piperazine rings is 1. The van der Waals surface area contributed by atoms with Crippen molar-refractivity contribution in [3.05, 3.63) is 29.3 Å². The van der Waals surface area contributed by atoms with Crippen molar-refractivity contribution in [1.82, 2.24) is 9.80 Å². The summed E-state index contributed by atoms with van der Waals surface area (Å²) in [6.07, 6.45) is 0. The fourth-order valence-corrected chi connectivity index (χ4v) is 2.66. The molecular weight excluding hydrogens is 256 g/mol. The predicted molar refractivity (Wildman–Crippen MR) is 81.0 cm³/mol. The summed E-state index contributed by atoms with van der Waals surface area (Å²) < 4.78 is 0. The zero-order valence-corrected chi connectivity index (χ0v) is 12.8. The first-order chi connectivity index (χ1) is 8.99. The van der Waals surface area contributed by atoms with E-state index in [1.165, 1.54) is 0 Å². The van der Waals surface area contributed by atoms with Crippen LogP contribution in [0.25, 0.3) is 0 Å². The van der Waals surface area contributed by atoms with Gasteiger partial charge in [-0.15, -0.1) is 12.6 Å². The van der Waals surface area contributed by atoms with Crippen molar-refractivity contribution >= 4 is 18.5 Å². The first-order valence-corrected chi connectivity index (χ1v) is 7.26. The summed E-state index contributed by atoms with van der Waals surface area (Å²) in [6, 6.07) is 6.31. The molecule has 1 aromatic rings. The molecule has 1 aromatic carbocycles. The molecule has 0 aromatic heterocycles. The van der Waals surface area contributed by atoms with Gasteiger partial charge in [-0.25, -0.2) is 0 Å². The molecular formula is C15H22N2OS. The van der Waals surface area contributed by atoms with Crippen LogP contribution in [0.1, 0.15) is 29.8 Å². The van der Waals surface area contributed by atoms with Gasteiger partial charge < -0.3 is 4.90 Å². The molecule has 104 valence electrons. The van der Waals surface area contributed by atoms with Crippen LogP contribution in [-0.2, 0) is 0 Å². The second-order valence-electron chi connectivity index (χ2n) is 5.42. The maximum absolute atomic E-state index is 12.5. The summed E-state index contributed by atoms with van der Waals surface area (Å²) in [5.41, 5.74) is 1.81. The van der Waals surface area contributed by atoms with Crippen LogP contribution in [0.15, 0.2) is 23.1 Å². The number of benzene rings is 1. The highest BCUT2D eigenvalue weighted by atomic mass is 32.1. The number of hydrogen-bond donors (Lipinski definition) is 1. The van der Waals surface area contributed by atoms with E-state index < -0.39 is 0 Å². The normalized spacial score (nSPS) is 17.0. The quantitative estimate of drug-likeness (QED) is 0.840. The number of hydrogen-bond acceptors (Lipinski definition) is 3. The Morgan fingerprint density at radius 3 is 2.42 bits per heavy atom. The summed E-state index contributed by atoms with van der Waals surface area (Å²) >= 11 is 4.32. The summed E-state index contributed by atoms with van der Waals surface area (Å²) in [7, 11) is 0. The number of rotatable bonds is 2. The number of nitrogens with zero attached hydrogens (tertiary/aromatic N) is 2. The Hall–Kier alpha value is -1.00. The summed E-state index contributed by atoms with van der Waals surface area (Å²) in [5.74, 6) is 0.136. The third-order valence-corrected chi connectivity index (χ3v) is 4.06. The monoisotopic (exact) mass is 278 g/mol. The van der Waals surface area contributed by atoms with Crippen LogP contribution in [0.4, 0.5) is 0 Å². The van der Waals surface area contributed by atoms with Crippen LogP contribution >= 0.6 is 12.6 Å². The maximum Gasteiger partial charge on any atom is 0.254 e. The largest absolute Gasteiger partial charge is 0.336 e. The van der Waals surface area contributed by atoms with Crippen molar-refractivity contribution in [1.29, 1.82) is 0 Å².